The number of hydrogen-bond donors (Lipinski definition) is 1. The molecule has 4 nitrogen and oxygen atoms in total. The third-order valence-electron chi connectivity index (χ3n) is 6.69. The molecular formula is C18H19Cl2N3O. The molecule has 4 rings (SSSR count). The van der Waals surface area contributed by atoms with Crippen molar-refractivity contribution < 1.29 is 4.79 Å². The second kappa shape index (κ2) is 4.61. The predicted molar refractivity (Wildman–Crippen MR) is 95.7 cm³/mol. The van der Waals surface area contributed by atoms with E-state index in [1.807, 2.05) is 0 Å². The van der Waals surface area contributed by atoms with Gasteiger partial charge in [-0.1, -0.05) is 44.0 Å². The largest absolute Gasteiger partial charge is 0.358 e. The minimum atomic E-state index is -0.654. The number of nitrogens with zero attached hydrogens (tertiary/aromatic N) is 2. The fourth-order valence-electron chi connectivity index (χ4n) is 4.81. The highest BCUT2D eigenvalue weighted by Gasteiger charge is 2.73. The summed E-state index contributed by atoms with van der Waals surface area (Å²) in [5.74, 6) is 0.0173. The topological polar surface area (TPSA) is 54.9 Å². The molecule has 1 aromatic heterocycles. The Morgan fingerprint density at radius 1 is 1.04 bits per heavy atom. The van der Waals surface area contributed by atoms with Crippen LogP contribution in [0, 0.1) is 5.41 Å². The van der Waals surface area contributed by atoms with Gasteiger partial charge in [0.15, 0.2) is 0 Å². The molecule has 0 aliphatic heterocycles. The number of likely N-dealkylation sites (N-methyl/N-ethyl adjacent to an activating group) is 1. The zero-order valence-electron chi connectivity index (χ0n) is 14.1. The first-order valence-corrected chi connectivity index (χ1v) is 8.84. The number of hydrogen-bond acceptors (Lipinski definition) is 3. The summed E-state index contributed by atoms with van der Waals surface area (Å²) in [5, 5.41) is 3.76. The number of halogens is 2. The van der Waals surface area contributed by atoms with Crippen LogP contribution < -0.4 is 5.32 Å². The molecule has 1 saturated carbocycles. The van der Waals surface area contributed by atoms with Gasteiger partial charge < -0.3 is 5.32 Å². The van der Waals surface area contributed by atoms with E-state index in [2.05, 4.69) is 26.1 Å². The number of rotatable bonds is 1. The third-order valence-corrected chi connectivity index (χ3v) is 7.42. The van der Waals surface area contributed by atoms with Crippen LogP contribution >= 0.6 is 23.2 Å². The fraction of sp³-hybridized carbons (Fsp3) is 0.500. The van der Waals surface area contributed by atoms with Crippen molar-refractivity contribution in [1.29, 1.82) is 0 Å². The van der Waals surface area contributed by atoms with Crippen molar-refractivity contribution in [2.24, 2.45) is 5.41 Å². The number of fused-ring (bicyclic) bond motifs is 6. The Morgan fingerprint density at radius 3 is 2.12 bits per heavy atom. The van der Waals surface area contributed by atoms with Gasteiger partial charge in [-0.2, -0.15) is 0 Å². The Morgan fingerprint density at radius 2 is 1.58 bits per heavy atom. The number of carbonyl (C=O) groups is 1. The summed E-state index contributed by atoms with van der Waals surface area (Å²) in [6, 6.07) is 3.48. The van der Waals surface area contributed by atoms with Gasteiger partial charge in [0.2, 0.25) is 5.91 Å². The summed E-state index contributed by atoms with van der Waals surface area (Å²) in [7, 11) is 1.69. The summed E-state index contributed by atoms with van der Waals surface area (Å²) in [6.45, 7) is 6.51. The Labute approximate surface area is 151 Å². The lowest BCUT2D eigenvalue weighted by atomic mass is 9.63. The summed E-state index contributed by atoms with van der Waals surface area (Å²) in [4.78, 5) is 22.7. The Kier molecular flexibility index (Phi) is 3.09. The van der Waals surface area contributed by atoms with Crippen molar-refractivity contribution in [3.63, 3.8) is 0 Å². The molecule has 1 N–H and O–H groups in total. The smallest absolute Gasteiger partial charge is 0.232 e. The second-order valence-corrected chi connectivity index (χ2v) is 8.43. The van der Waals surface area contributed by atoms with Crippen LogP contribution in [-0.2, 0) is 15.6 Å². The zero-order valence-corrected chi connectivity index (χ0v) is 15.6. The molecule has 1 fully saturated rings. The highest BCUT2D eigenvalue weighted by molar-refractivity contribution is 6.42. The van der Waals surface area contributed by atoms with Crippen LogP contribution in [0.1, 0.15) is 45.0 Å². The van der Waals surface area contributed by atoms with E-state index in [0.29, 0.717) is 15.6 Å². The molecule has 0 spiro atoms. The molecular weight excluding hydrogens is 345 g/mol. The molecule has 0 unspecified atom stereocenters. The van der Waals surface area contributed by atoms with Gasteiger partial charge in [0.1, 0.15) is 0 Å². The molecule has 2 aliphatic rings. The van der Waals surface area contributed by atoms with Crippen molar-refractivity contribution in [2.75, 3.05) is 7.05 Å². The van der Waals surface area contributed by atoms with Crippen LogP contribution in [0.4, 0.5) is 0 Å². The number of aromatic nitrogens is 2. The van der Waals surface area contributed by atoms with Gasteiger partial charge in [-0.05, 0) is 30.4 Å². The standard InChI is InChI=1S/C18H19Cl2N3O/c1-16(2)17(3)5-6-18(16,15(24)21-4)14-13(17)22-11-7-9(19)10(20)8-12(11)23-14/h7-8H,5-6H2,1-4H3,(H,21,24)/t17-,18+/m1/s1. The van der Waals surface area contributed by atoms with Crippen molar-refractivity contribution in [1.82, 2.24) is 15.3 Å². The molecule has 126 valence electrons. The molecule has 2 aliphatic carbocycles. The van der Waals surface area contributed by atoms with Crippen LogP contribution in [0.25, 0.3) is 11.0 Å². The lowest BCUT2D eigenvalue weighted by Gasteiger charge is -2.39. The zero-order chi connectivity index (χ0) is 17.5. The van der Waals surface area contributed by atoms with E-state index in [0.717, 1.165) is 29.7 Å². The highest BCUT2D eigenvalue weighted by atomic mass is 35.5. The van der Waals surface area contributed by atoms with Crippen LogP contribution in [-0.4, -0.2) is 22.9 Å². The van der Waals surface area contributed by atoms with Gasteiger partial charge in [-0.3, -0.25) is 4.79 Å². The first-order valence-electron chi connectivity index (χ1n) is 8.09. The molecule has 6 heteroatoms. The second-order valence-electron chi connectivity index (χ2n) is 7.62. The maximum atomic E-state index is 12.9. The maximum Gasteiger partial charge on any atom is 0.232 e. The van der Waals surface area contributed by atoms with Crippen molar-refractivity contribution >= 4 is 40.1 Å². The number of nitrogens with one attached hydrogen (secondary N) is 1. The number of carbonyl (C=O) groups excluding carboxylic acids is 1. The molecule has 0 radical (unpaired) electrons. The Bertz CT molecular complexity index is 911. The van der Waals surface area contributed by atoms with Crippen LogP contribution in [0.5, 0.6) is 0 Å². The molecule has 0 saturated heterocycles. The van der Waals surface area contributed by atoms with E-state index in [4.69, 9.17) is 33.2 Å². The van der Waals surface area contributed by atoms with Crippen LogP contribution in [0.15, 0.2) is 12.1 Å². The van der Waals surface area contributed by atoms with Gasteiger partial charge >= 0.3 is 0 Å². The van der Waals surface area contributed by atoms with E-state index in [-0.39, 0.29) is 16.7 Å². The van der Waals surface area contributed by atoms with Crippen molar-refractivity contribution in [2.45, 2.75) is 44.4 Å². The van der Waals surface area contributed by atoms with Crippen LogP contribution in [0.3, 0.4) is 0 Å². The Balaban J connectivity index is 2.11. The molecule has 2 aromatic rings. The minimum Gasteiger partial charge on any atom is -0.358 e. The third kappa shape index (κ3) is 1.55. The van der Waals surface area contributed by atoms with Gasteiger partial charge in [0.25, 0.3) is 0 Å². The van der Waals surface area contributed by atoms with Crippen LogP contribution in [0.2, 0.25) is 10.0 Å². The van der Waals surface area contributed by atoms with Crippen molar-refractivity contribution in [3.8, 4) is 0 Å². The summed E-state index contributed by atoms with van der Waals surface area (Å²) >= 11 is 12.3. The van der Waals surface area contributed by atoms with E-state index in [1.54, 1.807) is 19.2 Å². The van der Waals surface area contributed by atoms with Crippen molar-refractivity contribution in [3.05, 3.63) is 33.6 Å². The monoisotopic (exact) mass is 363 g/mol. The van der Waals surface area contributed by atoms with E-state index in [1.165, 1.54) is 0 Å². The average Bonchev–Trinajstić information content (AvgIpc) is 2.83. The van der Waals surface area contributed by atoms with E-state index < -0.39 is 5.41 Å². The number of amides is 1. The van der Waals surface area contributed by atoms with Gasteiger partial charge in [-0.15, -0.1) is 0 Å². The molecule has 1 aromatic carbocycles. The molecule has 2 bridgehead atoms. The van der Waals surface area contributed by atoms with Gasteiger partial charge in [0.05, 0.1) is 37.9 Å². The molecule has 1 amide bonds. The van der Waals surface area contributed by atoms with E-state index in [9.17, 15) is 4.79 Å². The lowest BCUT2D eigenvalue weighted by molar-refractivity contribution is -0.129. The lowest BCUT2D eigenvalue weighted by Crippen LogP contribution is -2.50. The summed E-state index contributed by atoms with van der Waals surface area (Å²) < 4.78 is 0. The fourth-order valence-corrected chi connectivity index (χ4v) is 5.13. The summed E-state index contributed by atoms with van der Waals surface area (Å²) in [6.07, 6.45) is 1.70. The Hall–Kier alpha value is -1.39. The van der Waals surface area contributed by atoms with E-state index >= 15 is 0 Å². The number of benzene rings is 1. The van der Waals surface area contributed by atoms with Gasteiger partial charge in [0, 0.05) is 12.5 Å². The average molecular weight is 364 g/mol. The first-order chi connectivity index (χ1) is 11.2. The minimum absolute atomic E-state index is 0.0173. The predicted octanol–water partition coefficient (Wildman–Crippen LogP) is 4.01. The summed E-state index contributed by atoms with van der Waals surface area (Å²) in [5.41, 5.74) is 2.01. The quantitative estimate of drug-likeness (QED) is 0.832. The SMILES string of the molecule is CNC(=O)[C@]12CC[C@](C)(c3nc4cc(Cl)c(Cl)cc4nc31)C2(C)C. The maximum absolute atomic E-state index is 12.9. The van der Waals surface area contributed by atoms with Gasteiger partial charge in [-0.25, -0.2) is 9.97 Å². The molecule has 1 heterocycles. The molecule has 2 atom stereocenters. The normalized spacial score (nSPS) is 29.8. The first kappa shape index (κ1) is 16.1. The molecule has 24 heavy (non-hydrogen) atoms. The highest BCUT2D eigenvalue weighted by Crippen LogP contribution is 2.70.